The summed E-state index contributed by atoms with van der Waals surface area (Å²) >= 11 is 0. The summed E-state index contributed by atoms with van der Waals surface area (Å²) in [5.74, 6) is -5.14. The van der Waals surface area contributed by atoms with Crippen LogP contribution in [0.4, 0.5) is 4.79 Å². The first-order valence-electron chi connectivity index (χ1n) is 13.3. The van der Waals surface area contributed by atoms with Crippen molar-refractivity contribution >= 4 is 41.6 Å². The number of carbonyl (C=O) groups excluding carboxylic acids is 5. The summed E-state index contributed by atoms with van der Waals surface area (Å²) in [6, 6.07) is 4.08. The second-order valence-electron chi connectivity index (χ2n) is 10.1. The fourth-order valence-corrected chi connectivity index (χ4v) is 4.32. The minimum Gasteiger partial charge on any atom is -0.481 e. The van der Waals surface area contributed by atoms with E-state index in [1.54, 1.807) is 44.2 Å². The molecule has 1 aliphatic heterocycles. The number of hydrogen-bond acceptors (Lipinski definition) is 7. The molecule has 230 valence electrons. The van der Waals surface area contributed by atoms with Gasteiger partial charge in [-0.3, -0.25) is 34.4 Å². The molecule has 0 aliphatic carbocycles. The molecule has 9 N–H and O–H groups in total. The fourth-order valence-electron chi connectivity index (χ4n) is 4.32. The molecular formula is C26H39N9O7. The van der Waals surface area contributed by atoms with E-state index in [0.717, 1.165) is 9.91 Å². The lowest BCUT2D eigenvalue weighted by molar-refractivity contribution is -0.141. The van der Waals surface area contributed by atoms with Gasteiger partial charge in [-0.05, 0) is 24.3 Å². The number of amides is 6. The van der Waals surface area contributed by atoms with E-state index in [2.05, 4.69) is 26.4 Å². The number of hydrogen-bond donors (Lipinski definition) is 7. The molecule has 0 bridgehead atoms. The van der Waals surface area contributed by atoms with Gasteiger partial charge in [0.25, 0.3) is 5.91 Å². The number of aliphatic imine (C=N–C) groups is 1. The standard InChI is InChI=1S/C26H39N9O7/c1-15(2)21-24(41)32-17(10-7-11-29-25(27)28)22(39)30-13-19(36)31-18(12-20(37)38)23(40)33-35(26(42)34(21)3)14-16-8-5-4-6-9-16/h4-6,8-9,15,17-18,21H,7,10-14H2,1-3H3,(H,30,39)(H,31,36)(H,32,41)(H,33,40)(H,37,38)(H4,27,28,29)/t17?,18-,21?/m0/s1. The van der Waals surface area contributed by atoms with Crippen LogP contribution in [0, 0.1) is 5.92 Å². The largest absolute Gasteiger partial charge is 0.481 e. The van der Waals surface area contributed by atoms with Gasteiger partial charge in [0, 0.05) is 13.6 Å². The average molecular weight is 590 g/mol. The Kier molecular flexibility index (Phi) is 12.5. The number of benzene rings is 1. The first kappa shape index (κ1) is 33.3. The van der Waals surface area contributed by atoms with Gasteiger partial charge in [0.05, 0.1) is 19.5 Å². The van der Waals surface area contributed by atoms with E-state index in [0.29, 0.717) is 12.0 Å². The topological polar surface area (TPSA) is 242 Å². The van der Waals surface area contributed by atoms with Crippen molar-refractivity contribution in [3.8, 4) is 0 Å². The van der Waals surface area contributed by atoms with Crippen molar-refractivity contribution in [2.24, 2.45) is 22.4 Å². The summed E-state index contributed by atoms with van der Waals surface area (Å²) in [4.78, 5) is 82.6. The van der Waals surface area contributed by atoms with Gasteiger partial charge in [-0.1, -0.05) is 44.2 Å². The monoisotopic (exact) mass is 589 g/mol. The van der Waals surface area contributed by atoms with Gasteiger partial charge < -0.3 is 37.4 Å². The lowest BCUT2D eigenvalue weighted by Gasteiger charge is -2.35. The Balaban J connectivity index is 2.50. The third-order valence-corrected chi connectivity index (χ3v) is 6.31. The van der Waals surface area contributed by atoms with E-state index < -0.39 is 72.6 Å². The number of nitrogens with zero attached hydrogens (tertiary/aromatic N) is 3. The van der Waals surface area contributed by atoms with Crippen molar-refractivity contribution < 1.29 is 33.9 Å². The smallest absolute Gasteiger partial charge is 0.339 e. The molecule has 2 unspecified atom stereocenters. The van der Waals surface area contributed by atoms with Crippen LogP contribution in [0.2, 0.25) is 0 Å². The molecule has 1 aliphatic rings. The van der Waals surface area contributed by atoms with Crippen LogP contribution in [0.15, 0.2) is 35.3 Å². The van der Waals surface area contributed by atoms with Crippen LogP contribution in [0.3, 0.4) is 0 Å². The Hall–Kier alpha value is -4.89. The van der Waals surface area contributed by atoms with Crippen molar-refractivity contribution in [3.05, 3.63) is 35.9 Å². The van der Waals surface area contributed by atoms with Crippen LogP contribution in [-0.4, -0.2) is 94.9 Å². The summed E-state index contributed by atoms with van der Waals surface area (Å²) < 4.78 is 0. The molecule has 1 aromatic carbocycles. The Morgan fingerprint density at radius 1 is 1.02 bits per heavy atom. The highest BCUT2D eigenvalue weighted by molar-refractivity contribution is 5.96. The van der Waals surface area contributed by atoms with E-state index in [1.165, 1.54) is 7.05 Å². The molecule has 0 aromatic heterocycles. The van der Waals surface area contributed by atoms with Gasteiger partial charge in [-0.15, -0.1) is 0 Å². The van der Waals surface area contributed by atoms with Crippen LogP contribution >= 0.6 is 0 Å². The summed E-state index contributed by atoms with van der Waals surface area (Å²) in [5, 5.41) is 17.6. The SMILES string of the molecule is CC(C)C1C(=O)NC(CCCN=C(N)N)C(=O)NCC(=O)N[C@@H](CC(=O)O)C(=O)NN(Cc2ccccc2)C(=O)N1C. The lowest BCUT2D eigenvalue weighted by atomic mass is 10.0. The molecule has 1 heterocycles. The highest BCUT2D eigenvalue weighted by Gasteiger charge is 2.36. The third-order valence-electron chi connectivity index (χ3n) is 6.31. The van der Waals surface area contributed by atoms with Crippen molar-refractivity contribution in [2.75, 3.05) is 20.1 Å². The molecule has 3 atom stereocenters. The first-order chi connectivity index (χ1) is 19.8. The lowest BCUT2D eigenvalue weighted by Crippen LogP contribution is -2.60. The molecule has 16 nitrogen and oxygen atoms in total. The van der Waals surface area contributed by atoms with Gasteiger partial charge in [-0.25, -0.2) is 9.80 Å². The minimum atomic E-state index is -1.58. The molecule has 1 saturated heterocycles. The van der Waals surface area contributed by atoms with E-state index >= 15 is 0 Å². The van der Waals surface area contributed by atoms with Crippen LogP contribution in [0.25, 0.3) is 0 Å². The molecule has 1 fully saturated rings. The van der Waals surface area contributed by atoms with Gasteiger partial charge in [-0.2, -0.15) is 0 Å². The maximum Gasteiger partial charge on any atom is 0.339 e. The number of guanidine groups is 1. The summed E-state index contributed by atoms with van der Waals surface area (Å²) in [6.45, 7) is 2.85. The number of hydrazine groups is 1. The molecular weight excluding hydrogens is 550 g/mol. The van der Waals surface area contributed by atoms with Gasteiger partial charge in [0.1, 0.15) is 18.1 Å². The molecule has 2 rings (SSSR count). The number of urea groups is 1. The molecule has 1 aromatic rings. The van der Waals surface area contributed by atoms with Crippen LogP contribution in [0.1, 0.15) is 38.7 Å². The third kappa shape index (κ3) is 10.3. The van der Waals surface area contributed by atoms with Crippen LogP contribution in [0.5, 0.6) is 0 Å². The second-order valence-corrected chi connectivity index (χ2v) is 10.1. The van der Waals surface area contributed by atoms with Gasteiger partial charge in [0.15, 0.2) is 5.96 Å². The molecule has 0 radical (unpaired) electrons. The minimum absolute atomic E-state index is 0.0975. The predicted molar refractivity (Wildman–Crippen MR) is 151 cm³/mol. The van der Waals surface area contributed by atoms with Gasteiger partial charge in [0.2, 0.25) is 17.7 Å². The number of nitrogens with one attached hydrogen (secondary N) is 4. The fraction of sp³-hybridized carbons (Fsp3) is 0.500. The zero-order chi connectivity index (χ0) is 31.4. The first-order valence-corrected chi connectivity index (χ1v) is 13.3. The van der Waals surface area contributed by atoms with E-state index in [9.17, 15) is 33.9 Å². The maximum absolute atomic E-state index is 13.7. The number of carboxylic acid groups (broad SMARTS) is 1. The van der Waals surface area contributed by atoms with Crippen LogP contribution in [-0.2, 0) is 30.5 Å². The number of rotatable bonds is 9. The number of nitrogens with two attached hydrogens (primary N) is 2. The Morgan fingerprint density at radius 3 is 2.29 bits per heavy atom. The van der Waals surface area contributed by atoms with Gasteiger partial charge >= 0.3 is 12.0 Å². The number of aliphatic carboxylic acids is 1. The normalized spacial score (nSPS) is 21.0. The Morgan fingerprint density at radius 2 is 1.69 bits per heavy atom. The summed E-state index contributed by atoms with van der Waals surface area (Å²) in [6.07, 6.45) is -0.398. The maximum atomic E-state index is 13.7. The Labute approximate surface area is 243 Å². The highest BCUT2D eigenvalue weighted by Crippen LogP contribution is 2.15. The molecule has 16 heteroatoms. The number of likely N-dealkylation sites (N-methyl/N-ethyl adjacent to an activating group) is 1. The van der Waals surface area contributed by atoms with Crippen LogP contribution < -0.4 is 32.8 Å². The molecule has 42 heavy (non-hydrogen) atoms. The predicted octanol–water partition coefficient (Wildman–Crippen LogP) is -1.78. The van der Waals surface area contributed by atoms with Crippen molar-refractivity contribution in [1.82, 2.24) is 31.3 Å². The van der Waals surface area contributed by atoms with Crippen molar-refractivity contribution in [2.45, 2.75) is 57.8 Å². The van der Waals surface area contributed by atoms with Crippen molar-refractivity contribution in [3.63, 3.8) is 0 Å². The van der Waals surface area contributed by atoms with E-state index in [4.69, 9.17) is 11.5 Å². The molecule has 0 spiro atoms. The summed E-state index contributed by atoms with van der Waals surface area (Å²) in [7, 11) is 1.37. The highest BCUT2D eigenvalue weighted by atomic mass is 16.4. The second kappa shape index (κ2) is 15.8. The van der Waals surface area contributed by atoms with E-state index in [1.807, 2.05) is 0 Å². The Bertz CT molecular complexity index is 1170. The van der Waals surface area contributed by atoms with Crippen molar-refractivity contribution in [1.29, 1.82) is 0 Å². The zero-order valence-electron chi connectivity index (χ0n) is 23.8. The molecule has 6 amide bonds. The summed E-state index contributed by atoms with van der Waals surface area (Å²) in [5.41, 5.74) is 13.7. The molecule has 0 saturated carbocycles. The number of carbonyl (C=O) groups is 6. The quantitative estimate of drug-likeness (QED) is 0.0977. The zero-order valence-corrected chi connectivity index (χ0v) is 23.8. The average Bonchev–Trinajstić information content (AvgIpc) is 2.91. The number of carboxylic acids is 1. The van der Waals surface area contributed by atoms with E-state index in [-0.39, 0.29) is 25.5 Å².